The maximum atomic E-state index is 11.0. The maximum Gasteiger partial charge on any atom is 0.222 e. The SMILES string of the molecule is CC1(C)OC2CNC(=O)CC2O1. The number of hydrogen-bond acceptors (Lipinski definition) is 3. The predicted octanol–water partition coefficient (Wildman–Crippen LogP) is 0.0264. The molecule has 2 aliphatic rings. The number of hydrogen-bond donors (Lipinski definition) is 1. The van der Waals surface area contributed by atoms with Crippen LogP contribution in [0, 0.1) is 0 Å². The van der Waals surface area contributed by atoms with Crippen LogP contribution in [0.5, 0.6) is 0 Å². The quantitative estimate of drug-likeness (QED) is 0.559. The molecule has 2 rings (SSSR count). The molecule has 0 spiro atoms. The molecule has 0 aliphatic carbocycles. The van der Waals surface area contributed by atoms with Gasteiger partial charge in [-0.15, -0.1) is 0 Å². The van der Waals surface area contributed by atoms with E-state index >= 15 is 0 Å². The monoisotopic (exact) mass is 171 g/mol. The summed E-state index contributed by atoms with van der Waals surface area (Å²) in [6, 6.07) is 0. The van der Waals surface area contributed by atoms with E-state index in [9.17, 15) is 4.79 Å². The molecule has 0 aromatic rings. The molecule has 0 aromatic heterocycles. The molecule has 1 N–H and O–H groups in total. The Morgan fingerprint density at radius 3 is 2.83 bits per heavy atom. The van der Waals surface area contributed by atoms with E-state index in [1.165, 1.54) is 0 Å². The summed E-state index contributed by atoms with van der Waals surface area (Å²) in [4.78, 5) is 11.0. The molecule has 2 fully saturated rings. The van der Waals surface area contributed by atoms with Gasteiger partial charge < -0.3 is 14.8 Å². The van der Waals surface area contributed by atoms with Gasteiger partial charge in [0.2, 0.25) is 5.91 Å². The third-order valence-corrected chi connectivity index (χ3v) is 2.17. The fraction of sp³-hybridized carbons (Fsp3) is 0.875. The van der Waals surface area contributed by atoms with Crippen LogP contribution >= 0.6 is 0 Å². The van der Waals surface area contributed by atoms with Crippen LogP contribution in [0.4, 0.5) is 0 Å². The van der Waals surface area contributed by atoms with Crippen LogP contribution in [-0.4, -0.2) is 30.4 Å². The topological polar surface area (TPSA) is 47.6 Å². The Bertz CT molecular complexity index is 214. The first-order chi connectivity index (χ1) is 5.57. The van der Waals surface area contributed by atoms with Crippen molar-refractivity contribution in [3.05, 3.63) is 0 Å². The summed E-state index contributed by atoms with van der Waals surface area (Å²) in [6.45, 7) is 4.32. The van der Waals surface area contributed by atoms with Gasteiger partial charge in [-0.2, -0.15) is 0 Å². The Balaban J connectivity index is 2.07. The van der Waals surface area contributed by atoms with Crippen molar-refractivity contribution in [2.75, 3.05) is 6.54 Å². The van der Waals surface area contributed by atoms with Crippen LogP contribution in [0.1, 0.15) is 20.3 Å². The first-order valence-corrected chi connectivity index (χ1v) is 4.19. The molecule has 2 unspecified atom stereocenters. The van der Waals surface area contributed by atoms with E-state index < -0.39 is 5.79 Å². The minimum absolute atomic E-state index is 0.0395. The minimum Gasteiger partial charge on any atom is -0.353 e. The number of amides is 1. The Labute approximate surface area is 71.2 Å². The summed E-state index contributed by atoms with van der Waals surface area (Å²) in [7, 11) is 0. The van der Waals surface area contributed by atoms with Gasteiger partial charge in [-0.25, -0.2) is 0 Å². The lowest BCUT2D eigenvalue weighted by atomic mass is 10.1. The fourth-order valence-electron chi connectivity index (χ4n) is 1.72. The predicted molar refractivity (Wildman–Crippen MR) is 41.5 cm³/mol. The molecular formula is C8H13NO3. The molecule has 2 heterocycles. The first-order valence-electron chi connectivity index (χ1n) is 4.19. The van der Waals surface area contributed by atoms with Crippen LogP contribution < -0.4 is 5.32 Å². The average Bonchev–Trinajstić information content (AvgIpc) is 2.21. The summed E-state index contributed by atoms with van der Waals surface area (Å²) in [5.41, 5.74) is 0. The summed E-state index contributed by atoms with van der Waals surface area (Å²) in [6.07, 6.45) is 0.417. The highest BCUT2D eigenvalue weighted by atomic mass is 16.8. The van der Waals surface area contributed by atoms with Gasteiger partial charge in [-0.3, -0.25) is 4.79 Å². The van der Waals surface area contributed by atoms with Gasteiger partial charge in [0.15, 0.2) is 5.79 Å². The Morgan fingerprint density at radius 1 is 1.42 bits per heavy atom. The van der Waals surface area contributed by atoms with Gasteiger partial charge >= 0.3 is 0 Å². The van der Waals surface area contributed by atoms with Crippen LogP contribution in [0.3, 0.4) is 0 Å². The van der Waals surface area contributed by atoms with E-state index in [0.717, 1.165) is 0 Å². The van der Waals surface area contributed by atoms with Crippen LogP contribution in [0.15, 0.2) is 0 Å². The molecule has 4 nitrogen and oxygen atoms in total. The highest BCUT2D eigenvalue weighted by Gasteiger charge is 2.44. The molecule has 4 heteroatoms. The number of nitrogens with one attached hydrogen (secondary N) is 1. The van der Waals surface area contributed by atoms with E-state index in [1.807, 2.05) is 13.8 Å². The number of rotatable bonds is 0. The van der Waals surface area contributed by atoms with Gasteiger partial charge in [-0.1, -0.05) is 0 Å². The largest absolute Gasteiger partial charge is 0.353 e. The third kappa shape index (κ3) is 1.32. The molecule has 0 aromatic carbocycles. The van der Waals surface area contributed by atoms with Gasteiger partial charge in [0, 0.05) is 6.54 Å². The van der Waals surface area contributed by atoms with Crippen LogP contribution in [0.25, 0.3) is 0 Å². The summed E-state index contributed by atoms with van der Waals surface area (Å²) < 4.78 is 11.1. The second kappa shape index (κ2) is 2.44. The maximum absolute atomic E-state index is 11.0. The molecule has 0 bridgehead atoms. The second-order valence-electron chi connectivity index (χ2n) is 3.72. The second-order valence-corrected chi connectivity index (χ2v) is 3.72. The van der Waals surface area contributed by atoms with Crippen molar-refractivity contribution in [3.63, 3.8) is 0 Å². The lowest BCUT2D eigenvalue weighted by Crippen LogP contribution is -2.45. The number of ether oxygens (including phenoxy) is 2. The van der Waals surface area contributed by atoms with Crippen molar-refractivity contribution in [2.45, 2.75) is 38.3 Å². The lowest BCUT2D eigenvalue weighted by molar-refractivity contribution is -0.145. The zero-order valence-electron chi connectivity index (χ0n) is 7.29. The Kier molecular flexibility index (Phi) is 1.63. The van der Waals surface area contributed by atoms with Gasteiger partial charge in [-0.05, 0) is 13.8 Å². The number of piperidine rings is 1. The molecule has 68 valence electrons. The standard InChI is InChI=1S/C8H13NO3/c1-8(2)11-5-3-7(10)9-4-6(5)12-8/h5-6H,3-4H2,1-2H3,(H,9,10). The van der Waals surface area contributed by atoms with Crippen molar-refractivity contribution in [3.8, 4) is 0 Å². The molecule has 2 aliphatic heterocycles. The van der Waals surface area contributed by atoms with Crippen molar-refractivity contribution in [2.24, 2.45) is 0 Å². The van der Waals surface area contributed by atoms with Gasteiger partial charge in [0.05, 0.1) is 12.5 Å². The van der Waals surface area contributed by atoms with Crippen LogP contribution in [-0.2, 0) is 14.3 Å². The highest BCUT2D eigenvalue weighted by Crippen LogP contribution is 2.30. The van der Waals surface area contributed by atoms with Crippen LogP contribution in [0.2, 0.25) is 0 Å². The average molecular weight is 171 g/mol. The van der Waals surface area contributed by atoms with E-state index in [0.29, 0.717) is 13.0 Å². The van der Waals surface area contributed by atoms with E-state index in [-0.39, 0.29) is 18.1 Å². The summed E-state index contributed by atoms with van der Waals surface area (Å²) >= 11 is 0. The zero-order valence-corrected chi connectivity index (χ0v) is 7.29. The molecule has 2 saturated heterocycles. The molecular weight excluding hydrogens is 158 g/mol. The lowest BCUT2D eigenvalue weighted by Gasteiger charge is -2.21. The van der Waals surface area contributed by atoms with E-state index in [4.69, 9.17) is 9.47 Å². The molecule has 0 radical (unpaired) electrons. The third-order valence-electron chi connectivity index (χ3n) is 2.17. The summed E-state index contributed by atoms with van der Waals surface area (Å²) in [5, 5.41) is 2.75. The molecule has 2 atom stereocenters. The van der Waals surface area contributed by atoms with Crippen molar-refractivity contribution in [1.29, 1.82) is 0 Å². The normalized spacial score (nSPS) is 39.0. The number of carbonyl (C=O) groups is 1. The Hall–Kier alpha value is -0.610. The minimum atomic E-state index is -0.526. The van der Waals surface area contributed by atoms with Crippen molar-refractivity contribution < 1.29 is 14.3 Å². The van der Waals surface area contributed by atoms with Crippen molar-refractivity contribution >= 4 is 5.91 Å². The van der Waals surface area contributed by atoms with E-state index in [1.54, 1.807) is 0 Å². The van der Waals surface area contributed by atoms with E-state index in [2.05, 4.69) is 5.32 Å². The van der Waals surface area contributed by atoms with Crippen molar-refractivity contribution in [1.82, 2.24) is 5.32 Å². The number of fused-ring (bicyclic) bond motifs is 1. The highest BCUT2D eigenvalue weighted by molar-refractivity contribution is 5.77. The zero-order chi connectivity index (χ0) is 8.77. The number of carbonyl (C=O) groups excluding carboxylic acids is 1. The van der Waals surface area contributed by atoms with Gasteiger partial charge in [0.1, 0.15) is 6.10 Å². The first kappa shape index (κ1) is 8.01. The molecule has 12 heavy (non-hydrogen) atoms. The molecule has 0 saturated carbocycles. The molecule has 1 amide bonds. The summed E-state index contributed by atoms with van der Waals surface area (Å²) in [5.74, 6) is -0.473. The smallest absolute Gasteiger partial charge is 0.222 e. The van der Waals surface area contributed by atoms with Gasteiger partial charge in [0.25, 0.3) is 0 Å². The Morgan fingerprint density at radius 2 is 2.08 bits per heavy atom. The fourth-order valence-corrected chi connectivity index (χ4v) is 1.72.